The molecule has 148 valence electrons. The number of ether oxygens (including phenoxy) is 1. The number of rotatable bonds is 5. The molecule has 1 amide bonds. The van der Waals surface area contributed by atoms with Crippen LogP contribution in [0.4, 0.5) is 5.95 Å². The fourth-order valence-corrected chi connectivity index (χ4v) is 3.33. The Bertz CT molecular complexity index is 1320. The number of benzene rings is 2. The second kappa shape index (κ2) is 7.36. The first-order chi connectivity index (χ1) is 14.7. The number of aromatic nitrogens is 4. The van der Waals surface area contributed by atoms with Crippen LogP contribution in [-0.4, -0.2) is 25.3 Å². The largest absolute Gasteiger partial charge is 0.487 e. The van der Waals surface area contributed by atoms with Gasteiger partial charge in [-0.1, -0.05) is 18.2 Å². The van der Waals surface area contributed by atoms with Crippen LogP contribution in [0.25, 0.3) is 16.7 Å². The van der Waals surface area contributed by atoms with Gasteiger partial charge in [0.2, 0.25) is 5.95 Å². The van der Waals surface area contributed by atoms with E-state index in [1.165, 1.54) is 0 Å². The zero-order valence-corrected chi connectivity index (χ0v) is 16.3. The van der Waals surface area contributed by atoms with Crippen molar-refractivity contribution in [1.82, 2.24) is 19.4 Å². The molecule has 7 heteroatoms. The van der Waals surface area contributed by atoms with Crippen molar-refractivity contribution in [2.75, 3.05) is 5.32 Å². The van der Waals surface area contributed by atoms with E-state index in [0.29, 0.717) is 23.9 Å². The zero-order chi connectivity index (χ0) is 20.5. The van der Waals surface area contributed by atoms with Crippen LogP contribution in [0, 0.1) is 6.92 Å². The third kappa shape index (κ3) is 3.48. The van der Waals surface area contributed by atoms with Crippen LogP contribution in [0.1, 0.15) is 21.6 Å². The Morgan fingerprint density at radius 2 is 1.90 bits per heavy atom. The third-order valence-corrected chi connectivity index (χ3v) is 4.85. The molecule has 0 bridgehead atoms. The van der Waals surface area contributed by atoms with Gasteiger partial charge in [0.1, 0.15) is 18.0 Å². The fourth-order valence-electron chi connectivity index (χ4n) is 3.33. The summed E-state index contributed by atoms with van der Waals surface area (Å²) in [4.78, 5) is 24.5. The molecule has 5 rings (SSSR count). The van der Waals surface area contributed by atoms with Crippen molar-refractivity contribution in [3.8, 4) is 5.75 Å². The first-order valence-electron chi connectivity index (χ1n) is 9.58. The number of aryl methyl sites for hydroxylation is 1. The van der Waals surface area contributed by atoms with E-state index in [4.69, 9.17) is 4.74 Å². The van der Waals surface area contributed by atoms with E-state index >= 15 is 0 Å². The van der Waals surface area contributed by atoms with Gasteiger partial charge in [-0.2, -0.15) is 0 Å². The van der Waals surface area contributed by atoms with Gasteiger partial charge < -0.3 is 14.1 Å². The first-order valence-corrected chi connectivity index (χ1v) is 9.58. The fraction of sp³-hybridized carbons (Fsp3) is 0.0870. The smallest absolute Gasteiger partial charge is 0.257 e. The molecule has 2 aromatic carbocycles. The van der Waals surface area contributed by atoms with E-state index < -0.39 is 0 Å². The molecule has 3 aromatic heterocycles. The van der Waals surface area contributed by atoms with Gasteiger partial charge in [-0.15, -0.1) is 0 Å². The van der Waals surface area contributed by atoms with Crippen molar-refractivity contribution in [1.29, 1.82) is 0 Å². The average Bonchev–Trinajstić information content (AvgIpc) is 3.36. The number of nitrogens with one attached hydrogen (secondary N) is 2. The van der Waals surface area contributed by atoms with Crippen molar-refractivity contribution in [3.05, 3.63) is 89.9 Å². The second-order valence-electron chi connectivity index (χ2n) is 7.02. The Morgan fingerprint density at radius 1 is 1.07 bits per heavy atom. The quantitative estimate of drug-likeness (QED) is 0.462. The minimum absolute atomic E-state index is 0.239. The number of pyridine rings is 1. The van der Waals surface area contributed by atoms with Crippen LogP contribution < -0.4 is 10.1 Å². The molecule has 0 spiro atoms. The molecule has 0 saturated carbocycles. The van der Waals surface area contributed by atoms with Crippen molar-refractivity contribution in [3.63, 3.8) is 0 Å². The maximum atomic E-state index is 12.5. The summed E-state index contributed by atoms with van der Waals surface area (Å²) in [5.41, 5.74) is 5.08. The maximum Gasteiger partial charge on any atom is 0.257 e. The van der Waals surface area contributed by atoms with Crippen LogP contribution in [0.2, 0.25) is 0 Å². The van der Waals surface area contributed by atoms with Crippen molar-refractivity contribution < 1.29 is 9.53 Å². The number of imidazole rings is 2. The number of carbonyl (C=O) groups excluding carboxylic acids is 1. The van der Waals surface area contributed by atoms with Gasteiger partial charge in [0.15, 0.2) is 0 Å². The van der Waals surface area contributed by atoms with E-state index in [1.54, 1.807) is 24.3 Å². The highest BCUT2D eigenvalue weighted by atomic mass is 16.5. The monoisotopic (exact) mass is 397 g/mol. The molecule has 0 fully saturated rings. The summed E-state index contributed by atoms with van der Waals surface area (Å²) in [5.74, 6) is 0.851. The zero-order valence-electron chi connectivity index (χ0n) is 16.3. The highest BCUT2D eigenvalue weighted by molar-refractivity contribution is 6.04. The van der Waals surface area contributed by atoms with Gasteiger partial charge in [-0.25, -0.2) is 9.97 Å². The number of fused-ring (bicyclic) bond motifs is 2. The second-order valence-corrected chi connectivity index (χ2v) is 7.02. The predicted molar refractivity (Wildman–Crippen MR) is 115 cm³/mol. The molecule has 0 aliphatic carbocycles. The molecule has 7 nitrogen and oxygen atoms in total. The first kappa shape index (κ1) is 17.9. The molecule has 0 atom stereocenters. The SMILES string of the molecule is Cc1cccn2cc(COc3ccc(C(=O)Nc4nc5ccccc5[nH]4)cc3)nc12. The van der Waals surface area contributed by atoms with Crippen molar-refractivity contribution >= 4 is 28.5 Å². The number of para-hydroxylation sites is 2. The number of amides is 1. The normalized spacial score (nSPS) is 11.1. The highest BCUT2D eigenvalue weighted by Crippen LogP contribution is 2.17. The van der Waals surface area contributed by atoms with E-state index in [0.717, 1.165) is 27.9 Å². The molecule has 3 heterocycles. The number of anilines is 1. The number of aromatic amines is 1. The Labute approximate surface area is 172 Å². The molecule has 0 aliphatic rings. The van der Waals surface area contributed by atoms with Crippen LogP contribution in [0.15, 0.2) is 73.1 Å². The number of H-pyrrole nitrogens is 1. The lowest BCUT2D eigenvalue weighted by molar-refractivity contribution is 0.102. The standard InChI is InChI=1S/C23H19N5O2/c1-15-5-4-12-28-13-17(24-21(15)28)14-30-18-10-8-16(9-11-18)22(29)27-23-25-19-6-2-3-7-20(19)26-23/h2-13H,14H2,1H3,(H2,25,26,27,29). The van der Waals surface area contributed by atoms with Gasteiger partial charge in [0, 0.05) is 18.0 Å². The minimum Gasteiger partial charge on any atom is -0.487 e. The van der Waals surface area contributed by atoms with E-state index in [1.807, 2.05) is 60.1 Å². The Kier molecular flexibility index (Phi) is 4.40. The number of nitrogens with zero attached hydrogens (tertiary/aromatic N) is 3. The van der Waals surface area contributed by atoms with Crippen LogP contribution in [0.5, 0.6) is 5.75 Å². The number of hydrogen-bond acceptors (Lipinski definition) is 4. The maximum absolute atomic E-state index is 12.5. The van der Waals surface area contributed by atoms with Gasteiger partial charge in [-0.3, -0.25) is 10.1 Å². The number of carbonyl (C=O) groups is 1. The molecule has 0 unspecified atom stereocenters. The van der Waals surface area contributed by atoms with Crippen molar-refractivity contribution in [2.24, 2.45) is 0 Å². The summed E-state index contributed by atoms with van der Waals surface area (Å²) in [6.07, 6.45) is 3.92. The summed E-state index contributed by atoms with van der Waals surface area (Å²) in [6.45, 7) is 2.38. The molecule has 2 N–H and O–H groups in total. The van der Waals surface area contributed by atoms with E-state index in [2.05, 4.69) is 20.3 Å². The predicted octanol–water partition coefficient (Wildman–Crippen LogP) is 4.35. The Balaban J connectivity index is 1.24. The molecular weight excluding hydrogens is 378 g/mol. The minimum atomic E-state index is -0.239. The van der Waals surface area contributed by atoms with E-state index in [-0.39, 0.29) is 5.91 Å². The Morgan fingerprint density at radius 3 is 2.70 bits per heavy atom. The van der Waals surface area contributed by atoms with Gasteiger partial charge in [0.05, 0.1) is 16.7 Å². The molecule has 0 radical (unpaired) electrons. The van der Waals surface area contributed by atoms with Crippen LogP contribution in [0.3, 0.4) is 0 Å². The van der Waals surface area contributed by atoms with Crippen LogP contribution in [-0.2, 0) is 6.61 Å². The van der Waals surface area contributed by atoms with Crippen molar-refractivity contribution in [2.45, 2.75) is 13.5 Å². The van der Waals surface area contributed by atoms with Gasteiger partial charge in [0.25, 0.3) is 5.91 Å². The molecule has 0 saturated heterocycles. The summed E-state index contributed by atoms with van der Waals surface area (Å²) >= 11 is 0. The molecule has 5 aromatic rings. The lowest BCUT2D eigenvalue weighted by atomic mass is 10.2. The lowest BCUT2D eigenvalue weighted by Gasteiger charge is -2.06. The molecular formula is C23H19N5O2. The lowest BCUT2D eigenvalue weighted by Crippen LogP contribution is -2.12. The topological polar surface area (TPSA) is 84.3 Å². The summed E-state index contributed by atoms with van der Waals surface area (Å²) in [5, 5.41) is 2.79. The highest BCUT2D eigenvalue weighted by Gasteiger charge is 2.10. The molecule has 30 heavy (non-hydrogen) atoms. The molecule has 0 aliphatic heterocycles. The third-order valence-electron chi connectivity index (χ3n) is 4.85. The average molecular weight is 397 g/mol. The summed E-state index contributed by atoms with van der Waals surface area (Å²) in [7, 11) is 0. The summed E-state index contributed by atoms with van der Waals surface area (Å²) < 4.78 is 7.81. The van der Waals surface area contributed by atoms with Gasteiger partial charge in [-0.05, 0) is 55.0 Å². The Hall–Kier alpha value is -4.13. The van der Waals surface area contributed by atoms with Gasteiger partial charge >= 0.3 is 0 Å². The summed E-state index contributed by atoms with van der Waals surface area (Å²) in [6, 6.07) is 18.6. The number of hydrogen-bond donors (Lipinski definition) is 2. The van der Waals surface area contributed by atoms with Crippen LogP contribution >= 0.6 is 0 Å². The van der Waals surface area contributed by atoms with E-state index in [9.17, 15) is 4.79 Å².